The van der Waals surface area contributed by atoms with E-state index in [1.54, 1.807) is 0 Å². The summed E-state index contributed by atoms with van der Waals surface area (Å²) < 4.78 is 0. The second kappa shape index (κ2) is 3.67. The predicted molar refractivity (Wildman–Crippen MR) is 74.1 cm³/mol. The van der Waals surface area contributed by atoms with Crippen LogP contribution >= 0.6 is 0 Å². The third kappa shape index (κ3) is 1.51. The summed E-state index contributed by atoms with van der Waals surface area (Å²) in [7, 11) is 0. The van der Waals surface area contributed by atoms with E-state index in [0.29, 0.717) is 5.39 Å². The first-order valence-corrected chi connectivity index (χ1v) is 5.97. The zero-order valence-corrected chi connectivity index (χ0v) is 10.7. The van der Waals surface area contributed by atoms with Crippen molar-refractivity contribution in [2.75, 3.05) is 0 Å². The van der Waals surface area contributed by atoms with Gasteiger partial charge in [0.25, 0.3) is 5.56 Å². The number of rotatable bonds is 0. The van der Waals surface area contributed by atoms with Gasteiger partial charge in [-0.3, -0.25) is 4.79 Å². The number of aryl methyl sites for hydroxylation is 3. The van der Waals surface area contributed by atoms with Crippen molar-refractivity contribution in [3.8, 4) is 0 Å². The Kier molecular flexibility index (Phi) is 2.23. The molecule has 0 bridgehead atoms. The van der Waals surface area contributed by atoms with Crippen LogP contribution in [0.1, 0.15) is 16.8 Å². The third-order valence-electron chi connectivity index (χ3n) is 3.34. The van der Waals surface area contributed by atoms with Crippen LogP contribution in [0.3, 0.4) is 0 Å². The van der Waals surface area contributed by atoms with Crippen molar-refractivity contribution >= 4 is 21.8 Å². The van der Waals surface area contributed by atoms with Crippen molar-refractivity contribution in [1.29, 1.82) is 0 Å². The molecule has 0 fully saturated rings. The van der Waals surface area contributed by atoms with Crippen LogP contribution in [-0.4, -0.2) is 9.97 Å². The fraction of sp³-hybridized carbons (Fsp3) is 0.200. The lowest BCUT2D eigenvalue weighted by molar-refractivity contribution is 1.16. The molecule has 0 aliphatic carbocycles. The number of aromatic nitrogens is 2. The maximum atomic E-state index is 11.9. The Hall–Kier alpha value is -2.16. The highest BCUT2D eigenvalue weighted by molar-refractivity contribution is 5.95. The Morgan fingerprint density at radius 1 is 1.00 bits per heavy atom. The van der Waals surface area contributed by atoms with Crippen molar-refractivity contribution in [2.45, 2.75) is 20.8 Å². The van der Waals surface area contributed by atoms with E-state index in [1.165, 1.54) is 0 Å². The summed E-state index contributed by atoms with van der Waals surface area (Å²) in [6, 6.07) is 7.99. The normalized spacial score (nSPS) is 11.3. The Labute approximate surface area is 104 Å². The molecular weight excluding hydrogens is 224 g/mol. The molecule has 0 radical (unpaired) electrons. The number of aromatic amines is 1. The molecule has 0 saturated heterocycles. The van der Waals surface area contributed by atoms with Gasteiger partial charge in [-0.1, -0.05) is 12.1 Å². The standard InChI is InChI=1S/C15H14N2O/c1-8-4-5-9(2)14-11(8)7-12-13(17-14)6-10(3)16-15(12)18/h4-7H,1-3H3,(H,16,18). The first-order valence-electron chi connectivity index (χ1n) is 5.97. The highest BCUT2D eigenvalue weighted by Crippen LogP contribution is 2.23. The molecule has 0 aliphatic heterocycles. The van der Waals surface area contributed by atoms with Gasteiger partial charge < -0.3 is 4.98 Å². The Bertz CT molecular complexity index is 831. The number of nitrogens with zero attached hydrogens (tertiary/aromatic N) is 1. The minimum atomic E-state index is -0.0692. The monoisotopic (exact) mass is 238 g/mol. The molecule has 1 N–H and O–H groups in total. The lowest BCUT2D eigenvalue weighted by Gasteiger charge is -2.07. The lowest BCUT2D eigenvalue weighted by Crippen LogP contribution is -2.08. The number of pyridine rings is 2. The van der Waals surface area contributed by atoms with Crippen molar-refractivity contribution in [3.05, 3.63) is 51.4 Å². The molecule has 2 aromatic heterocycles. The predicted octanol–water partition coefficient (Wildman–Crippen LogP) is 3.00. The molecule has 1 aromatic carbocycles. The molecule has 2 heterocycles. The van der Waals surface area contributed by atoms with Crippen LogP contribution < -0.4 is 5.56 Å². The van der Waals surface area contributed by atoms with E-state index in [0.717, 1.165) is 33.2 Å². The van der Waals surface area contributed by atoms with Gasteiger partial charge in [-0.15, -0.1) is 0 Å². The minimum Gasteiger partial charge on any atom is -0.326 e. The third-order valence-corrected chi connectivity index (χ3v) is 3.34. The zero-order valence-electron chi connectivity index (χ0n) is 10.7. The van der Waals surface area contributed by atoms with Crippen LogP contribution in [0.5, 0.6) is 0 Å². The van der Waals surface area contributed by atoms with Crippen LogP contribution in [0.4, 0.5) is 0 Å². The average molecular weight is 238 g/mol. The molecule has 0 amide bonds. The fourth-order valence-electron chi connectivity index (χ4n) is 2.33. The first kappa shape index (κ1) is 11.0. The summed E-state index contributed by atoms with van der Waals surface area (Å²) in [4.78, 5) is 19.4. The van der Waals surface area contributed by atoms with Gasteiger partial charge in [0, 0.05) is 11.1 Å². The quantitative estimate of drug-likeness (QED) is 0.612. The summed E-state index contributed by atoms with van der Waals surface area (Å²) in [5, 5.41) is 1.71. The number of hydrogen-bond donors (Lipinski definition) is 1. The summed E-state index contributed by atoms with van der Waals surface area (Å²) >= 11 is 0. The van der Waals surface area contributed by atoms with Crippen LogP contribution in [0.2, 0.25) is 0 Å². The topological polar surface area (TPSA) is 45.8 Å². The summed E-state index contributed by atoms with van der Waals surface area (Å²) in [5.41, 5.74) is 4.79. The van der Waals surface area contributed by atoms with Crippen LogP contribution in [0.15, 0.2) is 29.1 Å². The summed E-state index contributed by atoms with van der Waals surface area (Å²) in [6.07, 6.45) is 0. The van der Waals surface area contributed by atoms with E-state index in [-0.39, 0.29) is 5.56 Å². The van der Waals surface area contributed by atoms with Crippen molar-refractivity contribution < 1.29 is 0 Å². The largest absolute Gasteiger partial charge is 0.326 e. The second-order valence-electron chi connectivity index (χ2n) is 4.80. The van der Waals surface area contributed by atoms with E-state index in [4.69, 9.17) is 0 Å². The number of nitrogens with one attached hydrogen (secondary N) is 1. The van der Waals surface area contributed by atoms with E-state index in [1.807, 2.05) is 32.9 Å². The SMILES string of the molecule is Cc1cc2nc3c(C)ccc(C)c3cc2c(=O)[nH]1. The first-order chi connectivity index (χ1) is 8.56. The van der Waals surface area contributed by atoms with Gasteiger partial charge in [-0.25, -0.2) is 4.98 Å². The molecule has 3 nitrogen and oxygen atoms in total. The molecule has 18 heavy (non-hydrogen) atoms. The Morgan fingerprint density at radius 2 is 1.72 bits per heavy atom. The maximum Gasteiger partial charge on any atom is 0.257 e. The average Bonchev–Trinajstić information content (AvgIpc) is 2.32. The number of H-pyrrole nitrogens is 1. The van der Waals surface area contributed by atoms with Crippen molar-refractivity contribution in [1.82, 2.24) is 9.97 Å². The molecule has 90 valence electrons. The van der Waals surface area contributed by atoms with Gasteiger partial charge in [0.15, 0.2) is 0 Å². The lowest BCUT2D eigenvalue weighted by atomic mass is 10.0. The van der Waals surface area contributed by atoms with Crippen LogP contribution in [0, 0.1) is 20.8 Å². The highest BCUT2D eigenvalue weighted by atomic mass is 16.1. The molecule has 0 saturated carbocycles. The Balaban J connectivity index is 2.59. The smallest absolute Gasteiger partial charge is 0.257 e. The maximum absolute atomic E-state index is 11.9. The molecule has 0 aliphatic rings. The van der Waals surface area contributed by atoms with Crippen molar-refractivity contribution in [2.24, 2.45) is 0 Å². The molecule has 0 atom stereocenters. The van der Waals surface area contributed by atoms with Gasteiger partial charge in [-0.2, -0.15) is 0 Å². The highest BCUT2D eigenvalue weighted by Gasteiger charge is 2.07. The summed E-state index contributed by atoms with van der Waals surface area (Å²) in [6.45, 7) is 5.95. The van der Waals surface area contributed by atoms with E-state index in [2.05, 4.69) is 22.1 Å². The van der Waals surface area contributed by atoms with Gasteiger partial charge in [0.1, 0.15) is 0 Å². The molecule has 0 unspecified atom stereocenters. The van der Waals surface area contributed by atoms with Crippen molar-refractivity contribution in [3.63, 3.8) is 0 Å². The van der Waals surface area contributed by atoms with Gasteiger partial charge in [0.05, 0.1) is 16.4 Å². The summed E-state index contributed by atoms with van der Waals surface area (Å²) in [5.74, 6) is 0. The fourth-order valence-corrected chi connectivity index (χ4v) is 2.33. The van der Waals surface area contributed by atoms with Gasteiger partial charge in [0.2, 0.25) is 0 Å². The van der Waals surface area contributed by atoms with E-state index in [9.17, 15) is 4.79 Å². The van der Waals surface area contributed by atoms with Crippen LogP contribution in [0.25, 0.3) is 21.8 Å². The van der Waals surface area contributed by atoms with E-state index < -0.39 is 0 Å². The molecule has 3 rings (SSSR count). The number of fused-ring (bicyclic) bond motifs is 2. The molecule has 3 aromatic rings. The van der Waals surface area contributed by atoms with Gasteiger partial charge >= 0.3 is 0 Å². The molecule has 3 heteroatoms. The Morgan fingerprint density at radius 3 is 2.50 bits per heavy atom. The number of hydrogen-bond acceptors (Lipinski definition) is 2. The van der Waals surface area contributed by atoms with Gasteiger partial charge in [-0.05, 0) is 44.0 Å². The minimum absolute atomic E-state index is 0.0692. The van der Waals surface area contributed by atoms with Crippen LogP contribution in [-0.2, 0) is 0 Å². The van der Waals surface area contributed by atoms with E-state index >= 15 is 0 Å². The molecule has 0 spiro atoms. The second-order valence-corrected chi connectivity index (χ2v) is 4.80. The number of benzene rings is 1. The molecular formula is C15H14N2O. The zero-order chi connectivity index (χ0) is 12.9.